The second-order valence-corrected chi connectivity index (χ2v) is 4.71. The van der Waals surface area contributed by atoms with E-state index >= 15 is 0 Å². The average molecular weight is 260 g/mol. The van der Waals surface area contributed by atoms with Crippen molar-refractivity contribution in [3.8, 4) is 0 Å². The summed E-state index contributed by atoms with van der Waals surface area (Å²) in [6.45, 7) is 0. The second-order valence-electron chi connectivity index (χ2n) is 2.94. The summed E-state index contributed by atoms with van der Waals surface area (Å²) in [5, 5.41) is 13.4. The van der Waals surface area contributed by atoms with Crippen molar-refractivity contribution in [2.45, 2.75) is 6.10 Å². The molecule has 1 unspecified atom stereocenters. The zero-order chi connectivity index (χ0) is 10.8. The fourth-order valence-corrected chi connectivity index (χ4v) is 2.27. The molecule has 0 bridgehead atoms. The Bertz CT molecular complexity index is 458. The molecule has 1 aromatic carbocycles. The van der Waals surface area contributed by atoms with Gasteiger partial charge in [-0.15, -0.1) is 11.3 Å². The van der Waals surface area contributed by atoms with Gasteiger partial charge in [0.05, 0.1) is 0 Å². The SMILES string of the molecule is OC(c1nccs1)c1cc(Cl)ccc1Cl. The van der Waals surface area contributed by atoms with E-state index in [2.05, 4.69) is 4.98 Å². The van der Waals surface area contributed by atoms with Crippen molar-refractivity contribution in [1.82, 2.24) is 4.98 Å². The van der Waals surface area contributed by atoms with Gasteiger partial charge < -0.3 is 5.11 Å². The molecule has 2 nitrogen and oxygen atoms in total. The number of nitrogens with zero attached hydrogens (tertiary/aromatic N) is 1. The minimum atomic E-state index is -0.809. The third-order valence-corrected chi connectivity index (χ3v) is 3.35. The number of rotatable bonds is 2. The number of hydrogen-bond acceptors (Lipinski definition) is 3. The highest BCUT2D eigenvalue weighted by atomic mass is 35.5. The Morgan fingerprint density at radius 1 is 1.33 bits per heavy atom. The third-order valence-electron chi connectivity index (χ3n) is 1.94. The Labute approximate surface area is 101 Å². The van der Waals surface area contributed by atoms with Crippen LogP contribution in [0.25, 0.3) is 0 Å². The van der Waals surface area contributed by atoms with Crippen LogP contribution in [0, 0.1) is 0 Å². The fourth-order valence-electron chi connectivity index (χ4n) is 1.23. The van der Waals surface area contributed by atoms with Gasteiger partial charge in [-0.3, -0.25) is 0 Å². The Balaban J connectivity index is 2.41. The lowest BCUT2D eigenvalue weighted by Crippen LogP contribution is -1.99. The number of aromatic nitrogens is 1. The van der Waals surface area contributed by atoms with Gasteiger partial charge in [-0.05, 0) is 18.2 Å². The molecule has 0 saturated carbocycles. The predicted molar refractivity (Wildman–Crippen MR) is 62.6 cm³/mol. The van der Waals surface area contributed by atoms with Crippen molar-refractivity contribution in [3.05, 3.63) is 50.4 Å². The van der Waals surface area contributed by atoms with E-state index in [1.54, 1.807) is 29.8 Å². The van der Waals surface area contributed by atoms with E-state index in [0.717, 1.165) is 0 Å². The molecule has 0 saturated heterocycles. The van der Waals surface area contributed by atoms with E-state index in [-0.39, 0.29) is 0 Å². The van der Waals surface area contributed by atoms with Gasteiger partial charge in [-0.2, -0.15) is 0 Å². The van der Waals surface area contributed by atoms with Gasteiger partial charge in [-0.25, -0.2) is 4.98 Å². The molecule has 2 rings (SSSR count). The van der Waals surface area contributed by atoms with Crippen LogP contribution in [0.5, 0.6) is 0 Å². The van der Waals surface area contributed by atoms with Gasteiger partial charge in [0.25, 0.3) is 0 Å². The normalized spacial score (nSPS) is 12.7. The Morgan fingerprint density at radius 3 is 2.80 bits per heavy atom. The highest BCUT2D eigenvalue weighted by molar-refractivity contribution is 7.09. The van der Waals surface area contributed by atoms with Crippen molar-refractivity contribution in [3.63, 3.8) is 0 Å². The zero-order valence-corrected chi connectivity index (χ0v) is 9.85. The number of benzene rings is 1. The lowest BCUT2D eigenvalue weighted by molar-refractivity contribution is 0.220. The van der Waals surface area contributed by atoms with Gasteiger partial charge >= 0.3 is 0 Å². The first-order valence-corrected chi connectivity index (χ1v) is 5.84. The molecule has 0 radical (unpaired) electrons. The summed E-state index contributed by atoms with van der Waals surface area (Å²) in [5.41, 5.74) is 0.583. The van der Waals surface area contributed by atoms with Crippen LogP contribution in [-0.2, 0) is 0 Å². The summed E-state index contributed by atoms with van der Waals surface area (Å²) in [6.07, 6.45) is 0.831. The summed E-state index contributed by atoms with van der Waals surface area (Å²) < 4.78 is 0. The predicted octanol–water partition coefficient (Wildman–Crippen LogP) is 3.53. The quantitative estimate of drug-likeness (QED) is 0.895. The van der Waals surface area contributed by atoms with Crippen LogP contribution in [0.1, 0.15) is 16.7 Å². The maximum atomic E-state index is 9.99. The van der Waals surface area contributed by atoms with Gasteiger partial charge in [0, 0.05) is 27.2 Å². The van der Waals surface area contributed by atoms with Crippen molar-refractivity contribution in [2.75, 3.05) is 0 Å². The molecule has 1 atom stereocenters. The Hall–Kier alpha value is -0.610. The Morgan fingerprint density at radius 2 is 2.13 bits per heavy atom. The molecule has 0 spiro atoms. The van der Waals surface area contributed by atoms with E-state index in [9.17, 15) is 5.11 Å². The second kappa shape index (κ2) is 4.49. The molecule has 0 aliphatic rings. The molecular formula is C10H7Cl2NOS. The first kappa shape index (κ1) is 10.9. The third kappa shape index (κ3) is 2.32. The lowest BCUT2D eigenvalue weighted by Gasteiger charge is -2.10. The fraction of sp³-hybridized carbons (Fsp3) is 0.100. The lowest BCUT2D eigenvalue weighted by atomic mass is 10.1. The van der Waals surface area contributed by atoms with Crippen molar-refractivity contribution < 1.29 is 5.11 Å². The largest absolute Gasteiger partial charge is 0.381 e. The first-order valence-electron chi connectivity index (χ1n) is 4.21. The summed E-state index contributed by atoms with van der Waals surface area (Å²) in [4.78, 5) is 4.03. The number of aliphatic hydroxyl groups is 1. The molecule has 1 heterocycles. The highest BCUT2D eigenvalue weighted by Crippen LogP contribution is 2.31. The van der Waals surface area contributed by atoms with Crippen LogP contribution in [0.4, 0.5) is 0 Å². The van der Waals surface area contributed by atoms with Crippen molar-refractivity contribution in [1.29, 1.82) is 0 Å². The van der Waals surface area contributed by atoms with E-state index < -0.39 is 6.10 Å². The number of hydrogen-bond donors (Lipinski definition) is 1. The topological polar surface area (TPSA) is 33.1 Å². The molecule has 0 amide bonds. The van der Waals surface area contributed by atoms with Gasteiger partial charge in [0.2, 0.25) is 0 Å². The van der Waals surface area contributed by atoms with E-state index in [1.807, 2.05) is 0 Å². The number of halogens is 2. The maximum absolute atomic E-state index is 9.99. The van der Waals surface area contributed by atoms with Crippen LogP contribution < -0.4 is 0 Å². The molecule has 2 aromatic rings. The molecule has 5 heteroatoms. The zero-order valence-electron chi connectivity index (χ0n) is 7.52. The minimum absolute atomic E-state index is 0.488. The highest BCUT2D eigenvalue weighted by Gasteiger charge is 2.16. The molecule has 78 valence electrons. The van der Waals surface area contributed by atoms with Gasteiger partial charge in [0.15, 0.2) is 0 Å². The summed E-state index contributed by atoms with van der Waals surface area (Å²) in [5.74, 6) is 0. The van der Waals surface area contributed by atoms with Crippen LogP contribution in [0.3, 0.4) is 0 Å². The van der Waals surface area contributed by atoms with Crippen LogP contribution in [0.2, 0.25) is 10.0 Å². The molecule has 15 heavy (non-hydrogen) atoms. The minimum Gasteiger partial charge on any atom is -0.381 e. The summed E-state index contributed by atoms with van der Waals surface area (Å²) >= 11 is 13.2. The summed E-state index contributed by atoms with van der Waals surface area (Å²) in [7, 11) is 0. The van der Waals surface area contributed by atoms with Crippen LogP contribution in [0.15, 0.2) is 29.8 Å². The number of aliphatic hydroxyl groups excluding tert-OH is 1. The molecule has 0 aliphatic carbocycles. The molecule has 1 N–H and O–H groups in total. The van der Waals surface area contributed by atoms with Gasteiger partial charge in [0.1, 0.15) is 11.1 Å². The van der Waals surface area contributed by atoms with Crippen LogP contribution in [-0.4, -0.2) is 10.1 Å². The maximum Gasteiger partial charge on any atom is 0.132 e. The van der Waals surface area contributed by atoms with Crippen molar-refractivity contribution >= 4 is 34.5 Å². The van der Waals surface area contributed by atoms with E-state index in [0.29, 0.717) is 20.6 Å². The number of thiazole rings is 1. The summed E-state index contributed by atoms with van der Waals surface area (Å²) in [6, 6.07) is 4.99. The molecule has 1 aromatic heterocycles. The van der Waals surface area contributed by atoms with Crippen molar-refractivity contribution in [2.24, 2.45) is 0 Å². The van der Waals surface area contributed by atoms with E-state index in [1.165, 1.54) is 11.3 Å². The molecular weight excluding hydrogens is 253 g/mol. The first-order chi connectivity index (χ1) is 7.18. The van der Waals surface area contributed by atoms with Gasteiger partial charge in [-0.1, -0.05) is 23.2 Å². The van der Waals surface area contributed by atoms with E-state index in [4.69, 9.17) is 23.2 Å². The smallest absolute Gasteiger partial charge is 0.132 e. The molecule has 0 aliphatic heterocycles. The average Bonchev–Trinajstić information content (AvgIpc) is 2.74. The Kier molecular flexibility index (Phi) is 3.26. The standard InChI is InChI=1S/C10H7Cl2NOS/c11-6-1-2-8(12)7(5-6)9(14)10-13-3-4-15-10/h1-5,9,14H. The van der Waals surface area contributed by atoms with Crippen LogP contribution >= 0.6 is 34.5 Å². The molecule has 0 fully saturated rings. The monoisotopic (exact) mass is 259 g/mol.